The maximum Gasteiger partial charge on any atom is 0.508 e. The fourth-order valence-electron chi connectivity index (χ4n) is 2.87. The molecule has 0 atom stereocenters. The van der Waals surface area contributed by atoms with Crippen molar-refractivity contribution in [1.29, 1.82) is 0 Å². The molecule has 0 bridgehead atoms. The molecule has 0 spiro atoms. The number of carbonyl (C=O) groups is 5. The molecule has 2 aromatic rings. The largest absolute Gasteiger partial charge is 0.508 e. The Balaban J connectivity index is 0.000000487. The summed E-state index contributed by atoms with van der Waals surface area (Å²) in [5.74, 6) is -1.96. The molecule has 0 aliphatic rings. The molecule has 12 heteroatoms. The van der Waals surface area contributed by atoms with E-state index >= 15 is 0 Å². The summed E-state index contributed by atoms with van der Waals surface area (Å²) in [7, 11) is 0. The van der Waals surface area contributed by atoms with Gasteiger partial charge in [-0.3, -0.25) is 0 Å². The Labute approximate surface area is 261 Å². The zero-order chi connectivity index (χ0) is 33.3. The van der Waals surface area contributed by atoms with E-state index in [1.54, 1.807) is 0 Å². The van der Waals surface area contributed by atoms with Gasteiger partial charge in [0, 0.05) is 0 Å². The maximum atomic E-state index is 11.9. The predicted octanol–water partition coefficient (Wildman–Crippen LogP) is 4.91. The SMILES string of the molecule is C=CCOC(=O)OCCOCCOC(=O)c1ccc(C(=O)OCC=C)cc1.C=CCOC(=O)c1ccc(C(=O)OCC=C)cc1. The first-order chi connectivity index (χ1) is 21.8. The van der Waals surface area contributed by atoms with Crippen molar-refractivity contribution >= 4 is 30.0 Å². The van der Waals surface area contributed by atoms with Crippen LogP contribution in [0.2, 0.25) is 0 Å². The Morgan fingerprint density at radius 1 is 0.422 bits per heavy atom. The van der Waals surface area contributed by atoms with Gasteiger partial charge in [-0.05, 0) is 48.5 Å². The lowest BCUT2D eigenvalue weighted by Gasteiger charge is -2.07. The third kappa shape index (κ3) is 16.1. The molecule has 0 aromatic heterocycles. The first-order valence-corrected chi connectivity index (χ1v) is 13.5. The van der Waals surface area contributed by atoms with Crippen molar-refractivity contribution in [3.8, 4) is 0 Å². The Bertz CT molecular complexity index is 1240. The Morgan fingerprint density at radius 3 is 1.04 bits per heavy atom. The van der Waals surface area contributed by atoms with Crippen LogP contribution in [-0.4, -0.2) is 82.9 Å². The van der Waals surface area contributed by atoms with Crippen LogP contribution < -0.4 is 0 Å². The van der Waals surface area contributed by atoms with Gasteiger partial charge in [0.25, 0.3) is 0 Å². The van der Waals surface area contributed by atoms with Crippen molar-refractivity contribution in [2.75, 3.05) is 52.9 Å². The van der Waals surface area contributed by atoms with E-state index in [9.17, 15) is 24.0 Å². The van der Waals surface area contributed by atoms with Crippen molar-refractivity contribution < 1.29 is 57.1 Å². The van der Waals surface area contributed by atoms with Crippen molar-refractivity contribution in [2.45, 2.75) is 0 Å². The second-order valence-electron chi connectivity index (χ2n) is 8.26. The molecule has 0 unspecified atom stereocenters. The predicted molar refractivity (Wildman–Crippen MR) is 163 cm³/mol. The molecule has 0 aliphatic heterocycles. The summed E-state index contributed by atoms with van der Waals surface area (Å²) in [6, 6.07) is 11.9. The molecule has 0 aliphatic carbocycles. The van der Waals surface area contributed by atoms with Crippen LogP contribution in [0.15, 0.2) is 99.2 Å². The third-order valence-electron chi connectivity index (χ3n) is 4.94. The van der Waals surface area contributed by atoms with E-state index in [2.05, 4.69) is 31.1 Å². The van der Waals surface area contributed by atoms with E-state index < -0.39 is 30.0 Å². The van der Waals surface area contributed by atoms with E-state index in [4.69, 9.17) is 28.4 Å². The number of esters is 4. The average Bonchev–Trinajstić information content (AvgIpc) is 3.07. The smallest absolute Gasteiger partial charge is 0.460 e. The molecule has 0 amide bonds. The minimum absolute atomic E-state index is 0.0212. The molecule has 0 heterocycles. The Hall–Kier alpha value is -5.49. The quantitative estimate of drug-likeness (QED) is 0.0959. The third-order valence-corrected chi connectivity index (χ3v) is 4.94. The molecule has 0 radical (unpaired) electrons. The highest BCUT2D eigenvalue weighted by Crippen LogP contribution is 2.09. The molecule has 45 heavy (non-hydrogen) atoms. The van der Waals surface area contributed by atoms with Crippen LogP contribution in [0.3, 0.4) is 0 Å². The summed E-state index contributed by atoms with van der Waals surface area (Å²) < 4.78 is 34.1. The van der Waals surface area contributed by atoms with Crippen LogP contribution in [0.5, 0.6) is 0 Å². The van der Waals surface area contributed by atoms with Gasteiger partial charge in [0.15, 0.2) is 0 Å². The van der Waals surface area contributed by atoms with Gasteiger partial charge in [-0.25, -0.2) is 24.0 Å². The van der Waals surface area contributed by atoms with E-state index in [-0.39, 0.29) is 52.9 Å². The Kier molecular flexibility index (Phi) is 19.2. The van der Waals surface area contributed by atoms with Crippen molar-refractivity contribution in [3.63, 3.8) is 0 Å². The number of hydrogen-bond acceptors (Lipinski definition) is 12. The molecule has 0 fully saturated rings. The summed E-state index contributed by atoms with van der Waals surface area (Å²) in [5.41, 5.74) is 1.36. The number of rotatable bonds is 18. The molecule has 2 rings (SSSR count). The van der Waals surface area contributed by atoms with E-state index in [1.165, 1.54) is 72.8 Å². The molecular formula is C33H36O12. The standard InChI is InChI=1S/C19H22O8.C14H14O4/c1-3-9-24-17(20)15-5-7-16(8-6-15)18(21)25-13-11-23-12-14-27-19(22)26-10-4-2;1-3-9-17-13(15)11-5-7-12(8-6-11)14(16)18-10-4-2/h3-8H,1-2,9-14H2;3-8H,1-2,9-10H2. The van der Waals surface area contributed by atoms with Crippen LogP contribution in [0, 0.1) is 0 Å². The van der Waals surface area contributed by atoms with Crippen LogP contribution in [-0.2, 0) is 33.2 Å². The van der Waals surface area contributed by atoms with Gasteiger partial charge >= 0.3 is 30.0 Å². The Morgan fingerprint density at radius 2 is 0.711 bits per heavy atom. The number of ether oxygens (including phenoxy) is 7. The van der Waals surface area contributed by atoms with Crippen LogP contribution >= 0.6 is 0 Å². The minimum atomic E-state index is -0.804. The molecule has 0 saturated heterocycles. The zero-order valence-electron chi connectivity index (χ0n) is 24.8. The van der Waals surface area contributed by atoms with Crippen LogP contribution in [0.1, 0.15) is 41.4 Å². The minimum Gasteiger partial charge on any atom is -0.460 e. The van der Waals surface area contributed by atoms with Gasteiger partial charge in [0.2, 0.25) is 0 Å². The molecule has 2 aromatic carbocycles. The highest BCUT2D eigenvalue weighted by atomic mass is 16.7. The monoisotopic (exact) mass is 624 g/mol. The normalized spacial score (nSPS) is 9.60. The van der Waals surface area contributed by atoms with Crippen LogP contribution in [0.25, 0.3) is 0 Å². The fourth-order valence-corrected chi connectivity index (χ4v) is 2.87. The maximum absolute atomic E-state index is 11.9. The summed E-state index contributed by atoms with van der Waals surface area (Å²) >= 11 is 0. The van der Waals surface area contributed by atoms with Gasteiger partial charge in [0.05, 0.1) is 35.5 Å². The van der Waals surface area contributed by atoms with E-state index in [1.807, 2.05) is 0 Å². The van der Waals surface area contributed by atoms with E-state index in [0.29, 0.717) is 22.3 Å². The molecule has 240 valence electrons. The molecule has 0 saturated carbocycles. The summed E-state index contributed by atoms with van der Waals surface area (Å²) in [4.78, 5) is 57.4. The second kappa shape index (κ2) is 23.0. The number of benzene rings is 2. The lowest BCUT2D eigenvalue weighted by atomic mass is 10.1. The van der Waals surface area contributed by atoms with Gasteiger partial charge in [0.1, 0.15) is 39.6 Å². The van der Waals surface area contributed by atoms with Gasteiger partial charge in [-0.2, -0.15) is 0 Å². The van der Waals surface area contributed by atoms with Crippen molar-refractivity contribution in [2.24, 2.45) is 0 Å². The topological polar surface area (TPSA) is 150 Å². The average molecular weight is 625 g/mol. The highest BCUT2D eigenvalue weighted by Gasteiger charge is 2.11. The lowest BCUT2D eigenvalue weighted by molar-refractivity contribution is 0.0126. The molecule has 12 nitrogen and oxygen atoms in total. The van der Waals surface area contributed by atoms with Crippen LogP contribution in [0.4, 0.5) is 4.79 Å². The summed E-state index contributed by atoms with van der Waals surface area (Å²) in [5, 5.41) is 0. The van der Waals surface area contributed by atoms with Crippen molar-refractivity contribution in [1.82, 2.24) is 0 Å². The molecule has 0 N–H and O–H groups in total. The lowest BCUT2D eigenvalue weighted by Crippen LogP contribution is -2.15. The van der Waals surface area contributed by atoms with Crippen molar-refractivity contribution in [3.05, 3.63) is 121 Å². The second-order valence-corrected chi connectivity index (χ2v) is 8.26. The number of hydrogen-bond donors (Lipinski definition) is 0. The number of carbonyl (C=O) groups excluding carboxylic acids is 5. The summed E-state index contributed by atoms with van der Waals surface area (Å²) in [6.07, 6.45) is 5.06. The zero-order valence-corrected chi connectivity index (χ0v) is 24.8. The van der Waals surface area contributed by atoms with Gasteiger partial charge < -0.3 is 33.2 Å². The van der Waals surface area contributed by atoms with E-state index in [0.717, 1.165) is 0 Å². The fraction of sp³-hybridized carbons (Fsp3) is 0.242. The van der Waals surface area contributed by atoms with Gasteiger partial charge in [-0.1, -0.05) is 50.6 Å². The molecular weight excluding hydrogens is 588 g/mol. The highest BCUT2D eigenvalue weighted by molar-refractivity contribution is 5.94. The summed E-state index contributed by atoms with van der Waals surface area (Å²) in [6.45, 7) is 14.6. The first kappa shape index (κ1) is 37.5. The van der Waals surface area contributed by atoms with Gasteiger partial charge in [-0.15, -0.1) is 0 Å². The first-order valence-electron chi connectivity index (χ1n) is 13.5.